The number of Topliss-reactive ketones (excluding diaryl/α,β-unsaturated/α-hetero) is 2. The maximum atomic E-state index is 14.0. The molecule has 218 valence electrons. The number of aromatic hydroxyl groups is 1. The smallest absolute Gasteiger partial charge is 0.464 e. The summed E-state index contributed by atoms with van der Waals surface area (Å²) in [4.78, 5) is 40.0. The molecule has 7 N–H and O–H groups in total. The van der Waals surface area contributed by atoms with Gasteiger partial charge in [0.2, 0.25) is 5.78 Å². The number of rotatable bonds is 5. The molecule has 3 aliphatic rings. The summed E-state index contributed by atoms with van der Waals surface area (Å²) in [6.45, 7) is 0. The number of nitrogens with zero attached hydrogens (tertiary/aromatic N) is 1. The Morgan fingerprint density at radius 2 is 1.73 bits per heavy atom. The summed E-state index contributed by atoms with van der Waals surface area (Å²) in [5, 5.41) is 50.3. The van der Waals surface area contributed by atoms with Crippen molar-refractivity contribution in [3.8, 4) is 5.75 Å². The van der Waals surface area contributed by atoms with Gasteiger partial charge >= 0.3 is 11.4 Å². The van der Waals surface area contributed by atoms with Gasteiger partial charge in [-0.05, 0) is 25.7 Å². The van der Waals surface area contributed by atoms with Crippen LogP contribution in [0.5, 0.6) is 5.75 Å². The quantitative estimate of drug-likeness (QED) is 0.216. The number of phenols is 1. The van der Waals surface area contributed by atoms with Crippen LogP contribution in [-0.4, -0.2) is 96.9 Å². The zero-order valence-electron chi connectivity index (χ0n) is 20.6. The molecule has 0 bridgehead atoms. The Kier molecular flexibility index (Phi) is 7.01. The molecule has 3 aliphatic carbocycles. The number of phenolic OH excluding ortho intramolecular Hbond substituents is 1. The normalized spacial score (nSPS) is 30.8. The van der Waals surface area contributed by atoms with Gasteiger partial charge in [0.1, 0.15) is 22.8 Å². The molecule has 1 aromatic carbocycles. The van der Waals surface area contributed by atoms with Gasteiger partial charge in [-0.25, -0.2) is 0 Å². The topological polar surface area (TPSA) is 182 Å². The number of ketones is 2. The maximum absolute atomic E-state index is 14.0. The van der Waals surface area contributed by atoms with Crippen LogP contribution in [0.15, 0.2) is 40.9 Å². The summed E-state index contributed by atoms with van der Waals surface area (Å²) in [5.74, 6) is -14.1. The number of thioether (sulfide) groups is 1. The average Bonchev–Trinajstić information content (AvgIpc) is 2.82. The van der Waals surface area contributed by atoms with Gasteiger partial charge < -0.3 is 31.3 Å². The zero-order valence-corrected chi connectivity index (χ0v) is 21.4. The third-order valence-electron chi connectivity index (χ3n) is 7.57. The number of primary amides is 1. The van der Waals surface area contributed by atoms with Crippen LogP contribution in [0, 0.1) is 11.8 Å². The second-order valence-corrected chi connectivity index (χ2v) is 11.1. The second kappa shape index (κ2) is 9.43. The number of nitrogens with two attached hydrogens (primary N) is 1. The molecular weight excluding hydrogens is 571 g/mol. The summed E-state index contributed by atoms with van der Waals surface area (Å²) < 4.78 is 66.8. The summed E-state index contributed by atoms with van der Waals surface area (Å²) >= 11 is -0.864. The van der Waals surface area contributed by atoms with E-state index in [0.717, 1.165) is 17.0 Å². The van der Waals surface area contributed by atoms with E-state index in [9.17, 15) is 61.9 Å². The maximum Gasteiger partial charge on any atom is 0.464 e. The molecule has 16 heteroatoms. The van der Waals surface area contributed by atoms with Crippen LogP contribution in [0.1, 0.15) is 21.8 Å². The lowest BCUT2D eigenvalue weighted by atomic mass is 9.55. The van der Waals surface area contributed by atoms with Gasteiger partial charge in [0.15, 0.2) is 11.4 Å². The molecule has 0 aromatic heterocycles. The Bertz CT molecular complexity index is 1380. The number of halogens is 5. The van der Waals surface area contributed by atoms with Gasteiger partial charge in [0.05, 0.1) is 23.6 Å². The number of benzene rings is 1. The molecule has 0 spiro atoms. The molecule has 0 fully saturated rings. The molecule has 1 amide bonds. The minimum atomic E-state index is -5.97. The van der Waals surface area contributed by atoms with Crippen molar-refractivity contribution in [3.05, 3.63) is 52.0 Å². The van der Waals surface area contributed by atoms with Gasteiger partial charge in [0, 0.05) is 23.2 Å². The van der Waals surface area contributed by atoms with Crippen LogP contribution in [-0.2, 0) is 9.59 Å². The molecule has 0 saturated heterocycles. The highest BCUT2D eigenvalue weighted by Crippen LogP contribution is 2.57. The van der Waals surface area contributed by atoms with Crippen LogP contribution in [0.4, 0.5) is 22.0 Å². The third-order valence-corrected chi connectivity index (χ3v) is 8.69. The fourth-order valence-corrected chi connectivity index (χ4v) is 6.81. The first-order valence-corrected chi connectivity index (χ1v) is 12.5. The number of amides is 1. The predicted molar refractivity (Wildman–Crippen MR) is 128 cm³/mol. The summed E-state index contributed by atoms with van der Waals surface area (Å²) in [6, 6.07) is 1.71. The molecule has 6 atom stereocenters. The van der Waals surface area contributed by atoms with Crippen LogP contribution in [0.3, 0.4) is 0 Å². The largest absolute Gasteiger partial charge is 0.510 e. The fourth-order valence-electron chi connectivity index (χ4n) is 5.88. The molecule has 4 rings (SSSR count). The van der Waals surface area contributed by atoms with E-state index in [0.29, 0.717) is 0 Å². The minimum Gasteiger partial charge on any atom is -0.510 e. The van der Waals surface area contributed by atoms with Crippen molar-refractivity contribution in [1.82, 2.24) is 4.90 Å². The second-order valence-electron chi connectivity index (χ2n) is 9.94. The molecule has 10 nitrogen and oxygen atoms in total. The Balaban J connectivity index is 2.01. The molecule has 40 heavy (non-hydrogen) atoms. The third kappa shape index (κ3) is 3.99. The average molecular weight is 595 g/mol. The lowest BCUT2D eigenvalue weighted by Crippen LogP contribution is -2.68. The summed E-state index contributed by atoms with van der Waals surface area (Å²) in [7, 11) is 2.57. The number of fused-ring (bicyclic) bond motifs is 3. The first kappa shape index (κ1) is 29.8. The predicted octanol–water partition coefficient (Wildman–Crippen LogP) is 1.52. The van der Waals surface area contributed by atoms with Gasteiger partial charge in [0.25, 0.3) is 5.91 Å². The zero-order chi connectivity index (χ0) is 30.3. The van der Waals surface area contributed by atoms with Gasteiger partial charge in [-0.1, -0.05) is 23.9 Å². The van der Waals surface area contributed by atoms with Crippen molar-refractivity contribution >= 4 is 29.2 Å². The van der Waals surface area contributed by atoms with Crippen molar-refractivity contribution < 1.29 is 61.9 Å². The van der Waals surface area contributed by atoms with Gasteiger partial charge in [-0.3, -0.25) is 19.3 Å². The minimum absolute atomic E-state index is 0.234. The first-order valence-electron chi connectivity index (χ1n) is 11.5. The van der Waals surface area contributed by atoms with Crippen LogP contribution < -0.4 is 5.73 Å². The summed E-state index contributed by atoms with van der Waals surface area (Å²) in [6.07, 6.45) is -8.13. The molecule has 0 heterocycles. The lowest BCUT2D eigenvalue weighted by Gasteiger charge is -2.53. The number of likely N-dealkylation sites (N-methyl/N-ethyl adjacent to an activating group) is 1. The number of aliphatic hydroxyl groups excluding tert-OH is 3. The highest BCUT2D eigenvalue weighted by molar-refractivity contribution is 8.00. The Labute approximate surface area is 226 Å². The lowest BCUT2D eigenvalue weighted by molar-refractivity contribution is -0.237. The monoisotopic (exact) mass is 594 g/mol. The van der Waals surface area contributed by atoms with E-state index in [-0.39, 0.29) is 5.56 Å². The fraction of sp³-hybridized carbons (Fsp3) is 0.458. The van der Waals surface area contributed by atoms with E-state index in [1.165, 1.54) is 20.2 Å². The highest BCUT2D eigenvalue weighted by atomic mass is 32.2. The molecule has 0 aliphatic heterocycles. The van der Waals surface area contributed by atoms with Crippen molar-refractivity contribution in [3.63, 3.8) is 0 Å². The number of alkyl halides is 5. The van der Waals surface area contributed by atoms with Crippen LogP contribution in [0.25, 0.3) is 0 Å². The molecular formula is C24H23F5N2O8S. The molecule has 0 saturated carbocycles. The Morgan fingerprint density at radius 3 is 2.25 bits per heavy atom. The van der Waals surface area contributed by atoms with Crippen molar-refractivity contribution in [1.29, 1.82) is 0 Å². The number of hydrogen-bond acceptors (Lipinski definition) is 10. The molecule has 0 radical (unpaired) electrons. The SMILES string of the molecule is CN(C)[C@@H]1C(O)=C(C(N)=O)C(=O)[C@@]2(O)C(O)=C3C(=O)c4c(O)cccc4[C@H](CSC(F)(F)C(F)(F)F)[C@H]3[C@H](O)[C@@H]12. The molecule has 0 unspecified atom stereocenters. The van der Waals surface area contributed by atoms with E-state index < -0.39 is 116 Å². The number of carbonyl (C=O) groups is 3. The number of carbonyl (C=O) groups excluding carboxylic acids is 3. The van der Waals surface area contributed by atoms with Crippen molar-refractivity contribution in [2.75, 3.05) is 19.8 Å². The summed E-state index contributed by atoms with van der Waals surface area (Å²) in [5.41, 5.74) is -0.966. The van der Waals surface area contributed by atoms with Crippen LogP contribution >= 0.6 is 11.8 Å². The highest BCUT2D eigenvalue weighted by Gasteiger charge is 2.68. The standard InChI is InChI=1S/C24H23F5N2O8S/c1-31(2)15-14-17(34)11-8(6-40-24(28,29)23(25,26)27)7-4-3-5-9(32)10(7)16(33)12(11)19(36)22(14,39)20(37)13(18(15)35)21(30)38/h3-5,8,11,14-15,17,32,34-36,39H,6H2,1-2H3,(H2,30,38)/t8-,11+,14+,15-,17-,22-/m0/s1. The number of hydrogen-bond donors (Lipinski definition) is 6. The van der Waals surface area contributed by atoms with E-state index in [4.69, 9.17) is 5.73 Å². The number of aliphatic hydroxyl groups is 4. The molecule has 1 aromatic rings. The van der Waals surface area contributed by atoms with E-state index in [1.54, 1.807) is 0 Å². The van der Waals surface area contributed by atoms with E-state index >= 15 is 0 Å². The first-order chi connectivity index (χ1) is 18.3. The van der Waals surface area contributed by atoms with E-state index in [2.05, 4.69) is 0 Å². The Morgan fingerprint density at radius 1 is 1.12 bits per heavy atom. The van der Waals surface area contributed by atoms with Crippen molar-refractivity contribution in [2.45, 2.75) is 35.1 Å². The van der Waals surface area contributed by atoms with Gasteiger partial charge in [-0.2, -0.15) is 22.0 Å². The van der Waals surface area contributed by atoms with Crippen LogP contribution in [0.2, 0.25) is 0 Å². The van der Waals surface area contributed by atoms with Gasteiger partial charge in [-0.15, -0.1) is 0 Å². The van der Waals surface area contributed by atoms with Crippen molar-refractivity contribution in [2.24, 2.45) is 17.6 Å². The Hall–Kier alpha value is -3.21. The van der Waals surface area contributed by atoms with E-state index in [1.807, 2.05) is 0 Å².